The number of rotatable bonds is 6. The first-order chi connectivity index (χ1) is 9.22. The molecule has 19 heavy (non-hydrogen) atoms. The second-order valence-corrected chi connectivity index (χ2v) is 4.44. The quantitative estimate of drug-likeness (QED) is 0.740. The van der Waals surface area contributed by atoms with Gasteiger partial charge in [0.15, 0.2) is 12.1 Å². The van der Waals surface area contributed by atoms with Crippen LogP contribution < -0.4 is 4.74 Å². The standard InChI is InChI=1S/C15H20O4/c1-4-18-15(19-5-2)12-9-11-10(14(12)16)7-6-8-13(11)17-3/h6-8,12,15H,4-5,9H2,1-3H3. The van der Waals surface area contributed by atoms with Gasteiger partial charge in [0.2, 0.25) is 0 Å². The fourth-order valence-corrected chi connectivity index (χ4v) is 2.54. The van der Waals surface area contributed by atoms with Gasteiger partial charge in [-0.05, 0) is 26.3 Å². The number of hydrogen-bond donors (Lipinski definition) is 0. The predicted octanol–water partition coefficient (Wildman–Crippen LogP) is 2.45. The fourth-order valence-electron chi connectivity index (χ4n) is 2.54. The Balaban J connectivity index is 2.26. The van der Waals surface area contributed by atoms with E-state index in [1.165, 1.54) is 0 Å². The molecule has 0 amide bonds. The van der Waals surface area contributed by atoms with E-state index in [0.29, 0.717) is 19.6 Å². The molecule has 0 saturated heterocycles. The summed E-state index contributed by atoms with van der Waals surface area (Å²) in [5.41, 5.74) is 1.69. The van der Waals surface area contributed by atoms with Crippen molar-refractivity contribution in [3.8, 4) is 5.75 Å². The van der Waals surface area contributed by atoms with Gasteiger partial charge in [0.05, 0.1) is 13.0 Å². The van der Waals surface area contributed by atoms with Gasteiger partial charge < -0.3 is 14.2 Å². The maximum absolute atomic E-state index is 12.4. The molecule has 1 aromatic carbocycles. The zero-order valence-corrected chi connectivity index (χ0v) is 11.6. The summed E-state index contributed by atoms with van der Waals surface area (Å²) in [4.78, 5) is 12.4. The molecule has 0 fully saturated rings. The van der Waals surface area contributed by atoms with E-state index < -0.39 is 6.29 Å². The summed E-state index contributed by atoms with van der Waals surface area (Å²) >= 11 is 0. The predicted molar refractivity (Wildman–Crippen MR) is 71.6 cm³/mol. The Hall–Kier alpha value is -1.39. The topological polar surface area (TPSA) is 44.8 Å². The molecule has 0 bridgehead atoms. The maximum atomic E-state index is 12.4. The summed E-state index contributed by atoms with van der Waals surface area (Å²) in [5, 5.41) is 0. The molecule has 0 spiro atoms. The lowest BCUT2D eigenvalue weighted by molar-refractivity contribution is -0.156. The normalized spacial score (nSPS) is 17.9. The van der Waals surface area contributed by atoms with Crippen LogP contribution >= 0.6 is 0 Å². The van der Waals surface area contributed by atoms with E-state index in [-0.39, 0.29) is 11.7 Å². The maximum Gasteiger partial charge on any atom is 0.171 e. The molecule has 0 N–H and O–H groups in total. The SMILES string of the molecule is CCOC(OCC)C1Cc2c(OC)cccc2C1=O. The molecule has 1 unspecified atom stereocenters. The van der Waals surface area contributed by atoms with E-state index in [4.69, 9.17) is 14.2 Å². The second-order valence-electron chi connectivity index (χ2n) is 4.44. The van der Waals surface area contributed by atoms with Gasteiger partial charge >= 0.3 is 0 Å². The third-order valence-corrected chi connectivity index (χ3v) is 3.37. The molecular weight excluding hydrogens is 244 g/mol. The molecule has 4 nitrogen and oxygen atoms in total. The first kappa shape index (κ1) is 14.0. The summed E-state index contributed by atoms with van der Waals surface area (Å²) in [7, 11) is 1.62. The number of Topliss-reactive ketones (excluding diaryl/α,β-unsaturated/α-hetero) is 1. The van der Waals surface area contributed by atoms with Crippen LogP contribution in [0.25, 0.3) is 0 Å². The smallest absolute Gasteiger partial charge is 0.171 e. The highest BCUT2D eigenvalue weighted by molar-refractivity contribution is 6.03. The average molecular weight is 264 g/mol. The Morgan fingerprint density at radius 1 is 1.26 bits per heavy atom. The first-order valence-electron chi connectivity index (χ1n) is 6.66. The summed E-state index contributed by atoms with van der Waals surface area (Å²) in [6.45, 7) is 4.86. The summed E-state index contributed by atoms with van der Waals surface area (Å²) in [6.07, 6.45) is 0.141. The molecule has 1 aliphatic carbocycles. The number of carbonyl (C=O) groups excluding carboxylic acids is 1. The van der Waals surface area contributed by atoms with E-state index in [9.17, 15) is 4.79 Å². The average Bonchev–Trinajstić information content (AvgIpc) is 2.76. The van der Waals surface area contributed by atoms with Crippen molar-refractivity contribution in [2.45, 2.75) is 26.6 Å². The van der Waals surface area contributed by atoms with Gasteiger partial charge in [-0.1, -0.05) is 12.1 Å². The molecule has 2 rings (SSSR count). The number of methoxy groups -OCH3 is 1. The van der Waals surface area contributed by atoms with Gasteiger partial charge in [0.1, 0.15) is 5.75 Å². The molecule has 0 saturated carbocycles. The highest BCUT2D eigenvalue weighted by Crippen LogP contribution is 2.36. The van der Waals surface area contributed by atoms with E-state index in [1.807, 2.05) is 32.0 Å². The summed E-state index contributed by atoms with van der Waals surface area (Å²) < 4.78 is 16.4. The van der Waals surface area contributed by atoms with Crippen molar-refractivity contribution in [2.75, 3.05) is 20.3 Å². The molecule has 0 aliphatic heterocycles. The molecule has 0 radical (unpaired) electrons. The lowest BCUT2D eigenvalue weighted by Crippen LogP contribution is -2.31. The minimum Gasteiger partial charge on any atom is -0.496 e. The van der Waals surface area contributed by atoms with Crippen LogP contribution in [0.5, 0.6) is 5.75 Å². The van der Waals surface area contributed by atoms with Crippen LogP contribution in [0.2, 0.25) is 0 Å². The molecule has 1 aromatic rings. The van der Waals surface area contributed by atoms with Crippen molar-refractivity contribution in [1.82, 2.24) is 0 Å². The zero-order chi connectivity index (χ0) is 13.8. The number of benzene rings is 1. The number of carbonyl (C=O) groups is 1. The van der Waals surface area contributed by atoms with Crippen molar-refractivity contribution in [1.29, 1.82) is 0 Å². The van der Waals surface area contributed by atoms with Gasteiger partial charge in [-0.2, -0.15) is 0 Å². The van der Waals surface area contributed by atoms with Crippen molar-refractivity contribution in [2.24, 2.45) is 5.92 Å². The van der Waals surface area contributed by atoms with E-state index in [1.54, 1.807) is 7.11 Å². The van der Waals surface area contributed by atoms with Crippen molar-refractivity contribution in [3.05, 3.63) is 29.3 Å². The molecule has 4 heteroatoms. The zero-order valence-electron chi connectivity index (χ0n) is 11.6. The summed E-state index contributed by atoms with van der Waals surface area (Å²) in [5.74, 6) is 0.576. The van der Waals surface area contributed by atoms with Crippen molar-refractivity contribution >= 4 is 5.78 Å². The van der Waals surface area contributed by atoms with Crippen LogP contribution in [-0.4, -0.2) is 32.4 Å². The van der Waals surface area contributed by atoms with E-state index in [0.717, 1.165) is 16.9 Å². The molecule has 1 atom stereocenters. The van der Waals surface area contributed by atoms with Crippen LogP contribution in [0.15, 0.2) is 18.2 Å². The van der Waals surface area contributed by atoms with Gasteiger partial charge in [-0.25, -0.2) is 0 Å². The Morgan fingerprint density at radius 3 is 2.53 bits per heavy atom. The Labute approximate surface area is 113 Å². The monoisotopic (exact) mass is 264 g/mol. The third kappa shape index (κ3) is 2.65. The third-order valence-electron chi connectivity index (χ3n) is 3.37. The van der Waals surface area contributed by atoms with Crippen LogP contribution in [0, 0.1) is 5.92 Å². The number of fused-ring (bicyclic) bond motifs is 1. The molecule has 104 valence electrons. The minimum atomic E-state index is -0.473. The first-order valence-corrected chi connectivity index (χ1v) is 6.66. The summed E-state index contributed by atoms with van der Waals surface area (Å²) in [6, 6.07) is 5.56. The molecule has 1 aliphatic rings. The van der Waals surface area contributed by atoms with Crippen molar-refractivity contribution < 1.29 is 19.0 Å². The Kier molecular flexibility index (Phi) is 4.56. The van der Waals surface area contributed by atoms with Crippen LogP contribution in [0.1, 0.15) is 29.8 Å². The van der Waals surface area contributed by atoms with Gasteiger partial charge in [-0.15, -0.1) is 0 Å². The van der Waals surface area contributed by atoms with Gasteiger partial charge in [0.25, 0.3) is 0 Å². The van der Waals surface area contributed by atoms with Gasteiger partial charge in [0, 0.05) is 24.3 Å². The molecular formula is C15H20O4. The van der Waals surface area contributed by atoms with Crippen LogP contribution in [0.4, 0.5) is 0 Å². The van der Waals surface area contributed by atoms with Crippen LogP contribution in [-0.2, 0) is 15.9 Å². The Bertz CT molecular complexity index is 449. The van der Waals surface area contributed by atoms with Crippen LogP contribution in [0.3, 0.4) is 0 Å². The van der Waals surface area contributed by atoms with E-state index >= 15 is 0 Å². The molecule has 0 aromatic heterocycles. The number of ether oxygens (including phenoxy) is 3. The van der Waals surface area contributed by atoms with Crippen molar-refractivity contribution in [3.63, 3.8) is 0 Å². The highest BCUT2D eigenvalue weighted by atomic mass is 16.7. The van der Waals surface area contributed by atoms with E-state index in [2.05, 4.69) is 0 Å². The minimum absolute atomic E-state index is 0.0841. The Morgan fingerprint density at radius 2 is 1.95 bits per heavy atom. The number of hydrogen-bond acceptors (Lipinski definition) is 4. The second kappa shape index (κ2) is 6.17. The number of ketones is 1. The lowest BCUT2D eigenvalue weighted by Gasteiger charge is -2.21. The highest BCUT2D eigenvalue weighted by Gasteiger charge is 2.38. The largest absolute Gasteiger partial charge is 0.496 e. The molecule has 0 heterocycles. The van der Waals surface area contributed by atoms with Gasteiger partial charge in [-0.3, -0.25) is 4.79 Å². The fraction of sp³-hybridized carbons (Fsp3) is 0.533. The lowest BCUT2D eigenvalue weighted by atomic mass is 10.0.